The Labute approximate surface area is 308 Å². The number of phenols is 1. The maximum Gasteiger partial charge on any atom is 0.411 e. The second kappa shape index (κ2) is 16.1. The molecule has 1 aliphatic carbocycles. The zero-order valence-corrected chi connectivity index (χ0v) is 29.7. The van der Waals surface area contributed by atoms with Gasteiger partial charge in [-0.25, -0.2) is 4.79 Å². The highest BCUT2D eigenvalue weighted by Crippen LogP contribution is 2.42. The molecule has 0 radical (unpaired) electrons. The molecule has 2 heterocycles. The van der Waals surface area contributed by atoms with E-state index in [1.165, 1.54) is 6.07 Å². The molecule has 0 aromatic heterocycles. The van der Waals surface area contributed by atoms with Crippen LogP contribution in [0.3, 0.4) is 0 Å². The average molecular weight is 720 g/mol. The number of nitrogens with one attached hydrogen (secondary N) is 3. The molecule has 1 saturated heterocycles. The Hall–Kier alpha value is -5.43. The third-order valence-electron chi connectivity index (χ3n) is 10.4. The number of amides is 3. The van der Waals surface area contributed by atoms with Gasteiger partial charge in [-0.2, -0.15) is 0 Å². The first-order chi connectivity index (χ1) is 25.7. The van der Waals surface area contributed by atoms with Crippen molar-refractivity contribution in [1.82, 2.24) is 15.1 Å². The number of likely N-dealkylation sites (N-methyl/N-ethyl adjacent to an activating group) is 1. The monoisotopic (exact) mass is 719 g/mol. The number of hydrogen-bond acceptors (Lipinski definition) is 9. The highest BCUT2D eigenvalue weighted by molar-refractivity contribution is 5.97. The van der Waals surface area contributed by atoms with Crippen molar-refractivity contribution in [2.24, 2.45) is 11.8 Å². The maximum absolute atomic E-state index is 13.2. The minimum Gasteiger partial charge on any atom is -0.506 e. The molecule has 2 fully saturated rings. The fourth-order valence-electron chi connectivity index (χ4n) is 7.65. The molecule has 7 rings (SSSR count). The van der Waals surface area contributed by atoms with E-state index in [9.17, 15) is 24.6 Å². The summed E-state index contributed by atoms with van der Waals surface area (Å²) >= 11 is 0. The molecule has 4 aromatic rings. The van der Waals surface area contributed by atoms with Gasteiger partial charge in [0.2, 0.25) is 0 Å². The van der Waals surface area contributed by atoms with Crippen LogP contribution < -0.4 is 20.7 Å². The summed E-state index contributed by atoms with van der Waals surface area (Å²) in [4.78, 5) is 41.9. The molecule has 4 atom stereocenters. The van der Waals surface area contributed by atoms with Gasteiger partial charge >= 0.3 is 6.09 Å². The van der Waals surface area contributed by atoms with Crippen LogP contribution in [0.4, 0.5) is 16.2 Å². The van der Waals surface area contributed by atoms with E-state index in [1.807, 2.05) is 85.9 Å². The number of para-hydroxylation sites is 1. The smallest absolute Gasteiger partial charge is 0.411 e. The molecule has 12 heteroatoms. The first-order valence-electron chi connectivity index (χ1n) is 18.1. The van der Waals surface area contributed by atoms with Crippen molar-refractivity contribution in [3.63, 3.8) is 0 Å². The van der Waals surface area contributed by atoms with Crippen molar-refractivity contribution in [2.75, 3.05) is 57.0 Å². The van der Waals surface area contributed by atoms with Gasteiger partial charge in [0.15, 0.2) is 12.4 Å². The summed E-state index contributed by atoms with van der Waals surface area (Å²) in [5.41, 5.74) is 4.90. The second-order valence-electron chi connectivity index (χ2n) is 14.1. The van der Waals surface area contributed by atoms with Gasteiger partial charge in [-0.05, 0) is 66.1 Å². The van der Waals surface area contributed by atoms with E-state index >= 15 is 0 Å². The van der Waals surface area contributed by atoms with Crippen LogP contribution in [0.1, 0.15) is 40.4 Å². The van der Waals surface area contributed by atoms with Crippen LogP contribution in [0.25, 0.3) is 11.1 Å². The lowest BCUT2D eigenvalue weighted by molar-refractivity contribution is -0.118. The lowest BCUT2D eigenvalue weighted by Crippen LogP contribution is -2.36. The third kappa shape index (κ3) is 8.46. The summed E-state index contributed by atoms with van der Waals surface area (Å²) in [6.45, 7) is 3.74. The highest BCUT2D eigenvalue weighted by atomic mass is 16.6. The van der Waals surface area contributed by atoms with Crippen molar-refractivity contribution in [1.29, 1.82) is 0 Å². The Morgan fingerprint density at radius 2 is 1.70 bits per heavy atom. The Balaban J connectivity index is 0.817. The number of hydrogen-bond donors (Lipinski definition) is 5. The summed E-state index contributed by atoms with van der Waals surface area (Å²) in [6, 6.07) is 28.1. The molecule has 53 heavy (non-hydrogen) atoms. The SMILES string of the molecule is CN(CCN1C[C@H]2C[C@@H](OC(=O)Nc3ccccc3-c3ccccc3)C[C@H]2C1)C(=O)c1ccc(CNC[C@H](O)c2ccc(O)c3c2OCC(=O)N3)cc1. The Bertz CT molecular complexity index is 1930. The number of likely N-dealkylation sites (tertiary alicyclic amines) is 1. The number of rotatable bonds is 12. The number of phenolic OH excluding ortho intramolecular Hbond substituents is 1. The molecule has 12 nitrogen and oxygen atoms in total. The zero-order valence-electron chi connectivity index (χ0n) is 29.7. The minimum atomic E-state index is -0.931. The van der Waals surface area contributed by atoms with Gasteiger partial charge in [-0.15, -0.1) is 0 Å². The summed E-state index contributed by atoms with van der Waals surface area (Å²) in [6.07, 6.45) is 0.233. The number of ether oxygens (including phenoxy) is 2. The minimum absolute atomic E-state index is 0.0446. The van der Waals surface area contributed by atoms with Crippen LogP contribution in [0.2, 0.25) is 0 Å². The average Bonchev–Trinajstić information content (AvgIpc) is 3.73. The molecule has 1 saturated carbocycles. The van der Waals surface area contributed by atoms with Crippen molar-refractivity contribution in [3.8, 4) is 22.6 Å². The van der Waals surface area contributed by atoms with Crippen LogP contribution >= 0.6 is 0 Å². The van der Waals surface area contributed by atoms with Crippen molar-refractivity contribution in [3.05, 3.63) is 108 Å². The maximum atomic E-state index is 13.2. The second-order valence-corrected chi connectivity index (χ2v) is 14.1. The normalized spacial score (nSPS) is 19.7. The number of benzene rings is 4. The lowest BCUT2D eigenvalue weighted by Gasteiger charge is -2.24. The van der Waals surface area contributed by atoms with E-state index in [4.69, 9.17) is 9.47 Å². The first-order valence-corrected chi connectivity index (χ1v) is 18.1. The van der Waals surface area contributed by atoms with Crippen molar-refractivity contribution >= 4 is 29.3 Å². The number of anilines is 2. The Morgan fingerprint density at radius 3 is 2.45 bits per heavy atom. The van der Waals surface area contributed by atoms with Crippen LogP contribution in [-0.4, -0.2) is 90.4 Å². The molecule has 0 spiro atoms. The Kier molecular flexibility index (Phi) is 10.9. The van der Waals surface area contributed by atoms with Crippen molar-refractivity contribution in [2.45, 2.75) is 31.6 Å². The summed E-state index contributed by atoms with van der Waals surface area (Å²) < 4.78 is 11.4. The molecular formula is C41H45N5O7. The number of aliphatic hydroxyl groups is 1. The van der Waals surface area contributed by atoms with E-state index in [0.717, 1.165) is 54.9 Å². The van der Waals surface area contributed by atoms with Gasteiger partial charge in [0, 0.05) is 63.0 Å². The van der Waals surface area contributed by atoms with Gasteiger partial charge in [-0.3, -0.25) is 14.9 Å². The van der Waals surface area contributed by atoms with Crippen LogP contribution in [0.15, 0.2) is 91.0 Å². The van der Waals surface area contributed by atoms with E-state index in [2.05, 4.69) is 20.9 Å². The molecule has 276 valence electrons. The predicted molar refractivity (Wildman–Crippen MR) is 201 cm³/mol. The summed E-state index contributed by atoms with van der Waals surface area (Å²) in [7, 11) is 1.83. The summed E-state index contributed by atoms with van der Waals surface area (Å²) in [5.74, 6) is 0.662. The van der Waals surface area contributed by atoms with Gasteiger partial charge < -0.3 is 40.1 Å². The van der Waals surface area contributed by atoms with E-state index in [-0.39, 0.29) is 48.3 Å². The van der Waals surface area contributed by atoms with Crippen molar-refractivity contribution < 1.29 is 34.1 Å². The van der Waals surface area contributed by atoms with Gasteiger partial charge in [0.05, 0.1) is 11.8 Å². The number of nitrogens with zero attached hydrogens (tertiary/aromatic N) is 2. The summed E-state index contributed by atoms with van der Waals surface area (Å²) in [5, 5.41) is 29.6. The number of carbonyl (C=O) groups is 3. The first kappa shape index (κ1) is 36.0. The fraction of sp³-hybridized carbons (Fsp3) is 0.341. The number of carbonyl (C=O) groups excluding carboxylic acids is 3. The standard InChI is InChI=1S/C41H45N5O7/c1-45(40(50)28-13-11-26(12-14-28)21-42-22-36(48)33-15-16-35(47)38-39(33)52-25-37(49)44-38)17-18-46-23-29-19-31(20-30(29)24-46)53-41(51)43-34-10-6-5-9-32(34)27-7-3-2-4-8-27/h2-16,29-31,36,42,47-48H,17-25H2,1H3,(H,43,51)(H,44,49)/t29-,30+,31-,36-/m0/s1. The lowest BCUT2D eigenvalue weighted by atomic mass is 10.0. The zero-order chi connectivity index (χ0) is 36.9. The van der Waals surface area contributed by atoms with Crippen LogP contribution in [0.5, 0.6) is 11.5 Å². The number of fused-ring (bicyclic) bond motifs is 2. The molecule has 0 bridgehead atoms. The van der Waals surface area contributed by atoms with E-state index < -0.39 is 12.2 Å². The largest absolute Gasteiger partial charge is 0.506 e. The quantitative estimate of drug-likeness (QED) is 0.124. The highest BCUT2D eigenvalue weighted by Gasteiger charge is 2.42. The molecule has 5 N–H and O–H groups in total. The predicted octanol–water partition coefficient (Wildman–Crippen LogP) is 5.24. The molecule has 4 aromatic carbocycles. The molecule has 0 unspecified atom stereocenters. The molecule has 3 aliphatic rings. The molecular weight excluding hydrogens is 674 g/mol. The fourth-order valence-corrected chi connectivity index (χ4v) is 7.65. The topological polar surface area (TPSA) is 153 Å². The number of aliphatic hydroxyl groups excluding tert-OH is 1. The molecule has 2 aliphatic heterocycles. The number of aromatic hydroxyl groups is 1. The van der Waals surface area contributed by atoms with E-state index in [1.54, 1.807) is 11.0 Å². The van der Waals surface area contributed by atoms with Gasteiger partial charge in [-0.1, -0.05) is 60.7 Å². The van der Waals surface area contributed by atoms with E-state index in [0.29, 0.717) is 36.1 Å². The molecule has 3 amide bonds. The van der Waals surface area contributed by atoms with Crippen LogP contribution in [-0.2, 0) is 16.1 Å². The van der Waals surface area contributed by atoms with Crippen LogP contribution in [0, 0.1) is 11.8 Å². The van der Waals surface area contributed by atoms with Gasteiger partial charge in [0.25, 0.3) is 11.8 Å². The van der Waals surface area contributed by atoms with Gasteiger partial charge in [0.1, 0.15) is 17.5 Å². The third-order valence-corrected chi connectivity index (χ3v) is 10.4. The Morgan fingerprint density at radius 1 is 0.981 bits per heavy atom.